The number of rotatable bonds is 15. The van der Waals surface area contributed by atoms with Gasteiger partial charge in [0.25, 0.3) is 0 Å². The smallest absolute Gasteiger partial charge is 0.317 e. The van der Waals surface area contributed by atoms with Gasteiger partial charge in [-0.3, -0.25) is 9.59 Å². The number of ether oxygens (including phenoxy) is 1. The van der Waals surface area contributed by atoms with Crippen molar-refractivity contribution in [1.82, 2.24) is 0 Å². The van der Waals surface area contributed by atoms with E-state index in [0.29, 0.717) is 6.42 Å². The molecule has 1 rings (SSSR count). The van der Waals surface area contributed by atoms with E-state index in [-0.39, 0.29) is 17.9 Å². The maximum absolute atomic E-state index is 11.3. The van der Waals surface area contributed by atoms with Crippen molar-refractivity contribution in [2.75, 3.05) is 0 Å². The van der Waals surface area contributed by atoms with Crippen LogP contribution in [-0.2, 0) is 14.3 Å². The summed E-state index contributed by atoms with van der Waals surface area (Å²) in [6, 6.07) is 0. The molecule has 0 N–H and O–H groups in total. The predicted octanol–water partition coefficient (Wildman–Crippen LogP) is 5.95. The number of carbonyl (C=O) groups excluding carboxylic acids is 2. The standard InChI is InChI=1S/C20H36O3/c1-2-3-4-5-6-7-8-9-10-11-12-13-14-15-16-18-17-19(21)23-20(18)22/h18H,2-17H2,1H3/t18-/m1/s1. The molecule has 0 spiro atoms. The fraction of sp³-hybridized carbons (Fsp3) is 0.900. The Labute approximate surface area is 142 Å². The lowest BCUT2D eigenvalue weighted by molar-refractivity contribution is -0.153. The number of hydrogen-bond donors (Lipinski definition) is 0. The molecule has 3 nitrogen and oxygen atoms in total. The monoisotopic (exact) mass is 324 g/mol. The van der Waals surface area contributed by atoms with Crippen LogP contribution in [0.4, 0.5) is 0 Å². The summed E-state index contributed by atoms with van der Waals surface area (Å²) in [5, 5.41) is 0. The van der Waals surface area contributed by atoms with Crippen LogP contribution in [0.15, 0.2) is 0 Å². The van der Waals surface area contributed by atoms with E-state index in [0.717, 1.165) is 12.8 Å². The van der Waals surface area contributed by atoms with Gasteiger partial charge >= 0.3 is 11.9 Å². The molecule has 0 bridgehead atoms. The zero-order chi connectivity index (χ0) is 16.8. The summed E-state index contributed by atoms with van der Waals surface area (Å²) >= 11 is 0. The first-order chi connectivity index (χ1) is 11.2. The SMILES string of the molecule is CCCCCCCCCCCCCCCC[C@@H]1CC(=O)OC1=O. The minimum atomic E-state index is -0.342. The third kappa shape index (κ3) is 10.5. The largest absolute Gasteiger partial charge is 0.393 e. The van der Waals surface area contributed by atoms with Crippen LogP contribution in [0.2, 0.25) is 0 Å². The number of hydrogen-bond acceptors (Lipinski definition) is 3. The molecule has 0 aliphatic carbocycles. The van der Waals surface area contributed by atoms with Crippen molar-refractivity contribution in [2.24, 2.45) is 5.92 Å². The van der Waals surface area contributed by atoms with E-state index in [1.54, 1.807) is 0 Å². The van der Waals surface area contributed by atoms with Crippen molar-refractivity contribution >= 4 is 11.9 Å². The second-order valence-electron chi connectivity index (χ2n) is 7.08. The molecule has 0 aromatic carbocycles. The number of carbonyl (C=O) groups is 2. The maximum Gasteiger partial charge on any atom is 0.317 e. The highest BCUT2D eigenvalue weighted by atomic mass is 16.6. The van der Waals surface area contributed by atoms with Crippen LogP contribution in [0.3, 0.4) is 0 Å². The van der Waals surface area contributed by atoms with Gasteiger partial charge in [0.1, 0.15) is 0 Å². The van der Waals surface area contributed by atoms with E-state index < -0.39 is 0 Å². The third-order valence-corrected chi connectivity index (χ3v) is 4.87. The number of unbranched alkanes of at least 4 members (excludes halogenated alkanes) is 13. The van der Waals surface area contributed by atoms with Crippen LogP contribution in [0.25, 0.3) is 0 Å². The average Bonchev–Trinajstić information content (AvgIpc) is 2.85. The molecule has 1 atom stereocenters. The first kappa shape index (κ1) is 20.2. The molecule has 0 radical (unpaired) electrons. The molecule has 134 valence electrons. The first-order valence-electron chi connectivity index (χ1n) is 9.98. The summed E-state index contributed by atoms with van der Waals surface area (Å²) in [6.07, 6.45) is 19.9. The summed E-state index contributed by atoms with van der Waals surface area (Å²) in [5.74, 6) is -0.796. The van der Waals surface area contributed by atoms with E-state index in [1.165, 1.54) is 83.5 Å². The molecular formula is C20H36O3. The summed E-state index contributed by atoms with van der Waals surface area (Å²) in [4.78, 5) is 22.3. The number of cyclic esters (lactones) is 2. The lowest BCUT2D eigenvalue weighted by atomic mass is 9.98. The van der Waals surface area contributed by atoms with Crippen LogP contribution < -0.4 is 0 Å². The molecule has 1 saturated heterocycles. The van der Waals surface area contributed by atoms with Crippen LogP contribution >= 0.6 is 0 Å². The Morgan fingerprint density at radius 3 is 1.57 bits per heavy atom. The van der Waals surface area contributed by atoms with Crippen molar-refractivity contribution in [3.63, 3.8) is 0 Å². The van der Waals surface area contributed by atoms with Gasteiger partial charge < -0.3 is 4.74 Å². The highest BCUT2D eigenvalue weighted by molar-refractivity contribution is 5.94. The van der Waals surface area contributed by atoms with Gasteiger partial charge in [0, 0.05) is 0 Å². The minimum Gasteiger partial charge on any atom is -0.393 e. The van der Waals surface area contributed by atoms with Crippen molar-refractivity contribution in [2.45, 2.75) is 110 Å². The van der Waals surface area contributed by atoms with Gasteiger partial charge in [0.05, 0.1) is 12.3 Å². The molecule has 1 aliphatic rings. The quantitative estimate of drug-likeness (QED) is 0.212. The summed E-state index contributed by atoms with van der Waals surface area (Å²) < 4.78 is 4.57. The zero-order valence-corrected chi connectivity index (χ0v) is 15.1. The second-order valence-corrected chi connectivity index (χ2v) is 7.08. The Morgan fingerprint density at radius 1 is 0.739 bits per heavy atom. The fourth-order valence-electron chi connectivity index (χ4n) is 3.33. The predicted molar refractivity (Wildman–Crippen MR) is 94.1 cm³/mol. The van der Waals surface area contributed by atoms with Crippen molar-refractivity contribution in [3.05, 3.63) is 0 Å². The van der Waals surface area contributed by atoms with E-state index in [4.69, 9.17) is 0 Å². The molecule has 0 aromatic rings. The Hall–Kier alpha value is -0.860. The van der Waals surface area contributed by atoms with E-state index in [2.05, 4.69) is 11.7 Å². The van der Waals surface area contributed by atoms with E-state index >= 15 is 0 Å². The van der Waals surface area contributed by atoms with Crippen LogP contribution in [0.5, 0.6) is 0 Å². The van der Waals surface area contributed by atoms with Crippen molar-refractivity contribution < 1.29 is 14.3 Å². The van der Waals surface area contributed by atoms with Crippen LogP contribution in [0, 0.1) is 5.92 Å². The summed E-state index contributed by atoms with van der Waals surface area (Å²) in [6.45, 7) is 2.27. The highest BCUT2D eigenvalue weighted by Gasteiger charge is 2.32. The second kappa shape index (κ2) is 13.6. The van der Waals surface area contributed by atoms with Gasteiger partial charge in [-0.15, -0.1) is 0 Å². The average molecular weight is 325 g/mol. The van der Waals surface area contributed by atoms with Gasteiger partial charge in [-0.2, -0.15) is 0 Å². The molecule has 1 fully saturated rings. The Bertz CT molecular complexity index is 325. The van der Waals surface area contributed by atoms with E-state index in [1.807, 2.05) is 0 Å². The van der Waals surface area contributed by atoms with Crippen molar-refractivity contribution in [3.8, 4) is 0 Å². The minimum absolute atomic E-state index is 0.153. The Balaban J connectivity index is 1.75. The number of esters is 2. The Morgan fingerprint density at radius 2 is 1.17 bits per heavy atom. The fourth-order valence-corrected chi connectivity index (χ4v) is 3.33. The lowest BCUT2D eigenvalue weighted by Gasteiger charge is -2.05. The van der Waals surface area contributed by atoms with Crippen molar-refractivity contribution in [1.29, 1.82) is 0 Å². The summed E-state index contributed by atoms with van der Waals surface area (Å²) in [5.41, 5.74) is 0. The van der Waals surface area contributed by atoms with Gasteiger partial charge in [-0.05, 0) is 6.42 Å². The van der Waals surface area contributed by atoms with E-state index in [9.17, 15) is 9.59 Å². The molecular weight excluding hydrogens is 288 g/mol. The maximum atomic E-state index is 11.3. The van der Waals surface area contributed by atoms with Gasteiger partial charge in [-0.1, -0.05) is 96.8 Å². The van der Waals surface area contributed by atoms with Gasteiger partial charge in [0.2, 0.25) is 0 Å². The molecule has 0 amide bonds. The van der Waals surface area contributed by atoms with Crippen LogP contribution in [-0.4, -0.2) is 11.9 Å². The molecule has 1 heterocycles. The topological polar surface area (TPSA) is 43.4 Å². The normalized spacial score (nSPS) is 17.7. The Kier molecular flexibility index (Phi) is 11.9. The first-order valence-corrected chi connectivity index (χ1v) is 9.98. The molecule has 3 heteroatoms. The molecule has 0 saturated carbocycles. The highest BCUT2D eigenvalue weighted by Crippen LogP contribution is 2.22. The van der Waals surface area contributed by atoms with Crippen LogP contribution in [0.1, 0.15) is 110 Å². The zero-order valence-electron chi connectivity index (χ0n) is 15.1. The molecule has 1 aliphatic heterocycles. The molecule has 23 heavy (non-hydrogen) atoms. The molecule has 0 unspecified atom stereocenters. The molecule has 0 aromatic heterocycles. The lowest BCUT2D eigenvalue weighted by Crippen LogP contribution is -2.06. The third-order valence-electron chi connectivity index (χ3n) is 4.87. The van der Waals surface area contributed by atoms with Gasteiger partial charge in [-0.25, -0.2) is 0 Å². The summed E-state index contributed by atoms with van der Waals surface area (Å²) in [7, 11) is 0. The van der Waals surface area contributed by atoms with Gasteiger partial charge in [0.15, 0.2) is 0 Å².